The number of hydrogen-bond acceptors (Lipinski definition) is 4. The summed E-state index contributed by atoms with van der Waals surface area (Å²) in [5, 5.41) is 7.79. The van der Waals surface area contributed by atoms with Crippen molar-refractivity contribution >= 4 is 15.9 Å². The van der Waals surface area contributed by atoms with Gasteiger partial charge in [-0.3, -0.25) is 4.68 Å². The highest BCUT2D eigenvalue weighted by Gasteiger charge is 2.27. The first-order chi connectivity index (χ1) is 9.69. The Balaban J connectivity index is 2.99. The summed E-state index contributed by atoms with van der Waals surface area (Å²) in [6, 6.07) is 0.114. The first-order valence-electron chi connectivity index (χ1n) is 7.18. The molecule has 0 saturated heterocycles. The van der Waals surface area contributed by atoms with Crippen LogP contribution in [0.1, 0.15) is 38.4 Å². The molecule has 0 amide bonds. The summed E-state index contributed by atoms with van der Waals surface area (Å²) in [6.07, 6.45) is 4.09. The maximum absolute atomic E-state index is 5.92. The molecule has 0 aliphatic rings. The lowest BCUT2D eigenvalue weighted by atomic mass is 10.0. The molecular weight excluding hydrogens is 322 g/mol. The smallest absolute Gasteiger partial charge is 0.0785 e. The van der Waals surface area contributed by atoms with Gasteiger partial charge in [0, 0.05) is 13.7 Å². The number of nitrogens with one attached hydrogen (secondary N) is 1. The summed E-state index contributed by atoms with van der Waals surface area (Å²) in [5.41, 5.74) is 1.12. The van der Waals surface area contributed by atoms with Crippen molar-refractivity contribution in [2.45, 2.75) is 45.4 Å². The van der Waals surface area contributed by atoms with Crippen molar-refractivity contribution in [1.29, 1.82) is 0 Å². The van der Waals surface area contributed by atoms with Gasteiger partial charge in [-0.1, -0.05) is 13.3 Å². The average molecular weight is 348 g/mol. The van der Waals surface area contributed by atoms with Crippen molar-refractivity contribution < 1.29 is 9.47 Å². The van der Waals surface area contributed by atoms with E-state index < -0.39 is 0 Å². The Kier molecular flexibility index (Phi) is 8.37. The zero-order chi connectivity index (χ0) is 15.0. The predicted molar refractivity (Wildman–Crippen MR) is 83.9 cm³/mol. The largest absolute Gasteiger partial charge is 0.383 e. The van der Waals surface area contributed by atoms with Crippen LogP contribution < -0.4 is 5.32 Å². The van der Waals surface area contributed by atoms with E-state index in [-0.39, 0.29) is 12.1 Å². The first kappa shape index (κ1) is 17.6. The quantitative estimate of drug-likeness (QED) is 0.706. The average Bonchev–Trinajstić information content (AvgIpc) is 2.80. The van der Waals surface area contributed by atoms with Crippen molar-refractivity contribution in [3.8, 4) is 0 Å². The summed E-state index contributed by atoms with van der Waals surface area (Å²) in [4.78, 5) is 0. The molecule has 1 aromatic rings. The van der Waals surface area contributed by atoms with E-state index in [1.807, 2.05) is 24.9 Å². The lowest BCUT2D eigenvalue weighted by Crippen LogP contribution is -2.34. The minimum absolute atomic E-state index is 0.114. The van der Waals surface area contributed by atoms with Gasteiger partial charge >= 0.3 is 0 Å². The van der Waals surface area contributed by atoms with E-state index in [4.69, 9.17) is 9.47 Å². The van der Waals surface area contributed by atoms with Crippen LogP contribution in [-0.2, 0) is 16.0 Å². The Labute approximate surface area is 130 Å². The number of rotatable bonds is 10. The Hall–Kier alpha value is -0.430. The number of nitrogens with zero attached hydrogens (tertiary/aromatic N) is 2. The van der Waals surface area contributed by atoms with Gasteiger partial charge in [-0.05, 0) is 36.3 Å². The Morgan fingerprint density at radius 1 is 1.45 bits per heavy atom. The summed E-state index contributed by atoms with van der Waals surface area (Å²) < 4.78 is 14.1. The Bertz CT molecular complexity index is 378. The standard InChI is InChI=1S/C14H26BrN3O2/c1-5-7-12(20-6-2)13(16-3)14-11(15)10-17-18(14)8-9-19-4/h10,12-13,16H,5-9H2,1-4H3. The fourth-order valence-corrected chi connectivity index (χ4v) is 2.92. The van der Waals surface area contributed by atoms with Crippen molar-refractivity contribution in [2.24, 2.45) is 0 Å². The summed E-state index contributed by atoms with van der Waals surface area (Å²) in [5.74, 6) is 0. The summed E-state index contributed by atoms with van der Waals surface area (Å²) in [6.45, 7) is 6.31. The van der Waals surface area contributed by atoms with Crippen LogP contribution in [-0.4, -0.2) is 43.3 Å². The molecule has 1 rings (SSSR count). The highest BCUT2D eigenvalue weighted by Crippen LogP contribution is 2.28. The number of likely N-dealkylation sites (N-methyl/N-ethyl adjacent to an activating group) is 1. The van der Waals surface area contributed by atoms with Gasteiger partial charge in [0.15, 0.2) is 0 Å². The molecule has 0 spiro atoms. The highest BCUT2D eigenvalue weighted by atomic mass is 79.9. The van der Waals surface area contributed by atoms with E-state index in [1.54, 1.807) is 7.11 Å². The third-order valence-electron chi connectivity index (χ3n) is 3.27. The first-order valence-corrected chi connectivity index (χ1v) is 7.97. The van der Waals surface area contributed by atoms with Crippen molar-refractivity contribution in [2.75, 3.05) is 27.4 Å². The molecule has 0 radical (unpaired) electrons. The molecule has 1 N–H and O–H groups in total. The molecule has 1 heterocycles. The van der Waals surface area contributed by atoms with Gasteiger partial charge in [-0.2, -0.15) is 5.10 Å². The molecule has 2 unspecified atom stereocenters. The third-order valence-corrected chi connectivity index (χ3v) is 3.88. The lowest BCUT2D eigenvalue weighted by molar-refractivity contribution is 0.0268. The van der Waals surface area contributed by atoms with E-state index in [2.05, 4.69) is 33.3 Å². The molecule has 20 heavy (non-hydrogen) atoms. The number of hydrogen-bond donors (Lipinski definition) is 1. The van der Waals surface area contributed by atoms with E-state index >= 15 is 0 Å². The fraction of sp³-hybridized carbons (Fsp3) is 0.786. The van der Waals surface area contributed by atoms with E-state index in [0.717, 1.165) is 29.6 Å². The van der Waals surface area contributed by atoms with Crippen LogP contribution in [0.15, 0.2) is 10.7 Å². The highest BCUT2D eigenvalue weighted by molar-refractivity contribution is 9.10. The van der Waals surface area contributed by atoms with Gasteiger partial charge in [-0.25, -0.2) is 0 Å². The Morgan fingerprint density at radius 3 is 2.75 bits per heavy atom. The van der Waals surface area contributed by atoms with Crippen molar-refractivity contribution in [1.82, 2.24) is 15.1 Å². The molecule has 0 fully saturated rings. The normalized spacial score (nSPS) is 14.4. The SMILES string of the molecule is CCCC(OCC)C(NC)c1c(Br)cnn1CCOC. The van der Waals surface area contributed by atoms with Crippen LogP contribution in [0.4, 0.5) is 0 Å². The van der Waals surface area contributed by atoms with Crippen molar-refractivity contribution in [3.05, 3.63) is 16.4 Å². The lowest BCUT2D eigenvalue weighted by Gasteiger charge is -2.27. The number of ether oxygens (including phenoxy) is 2. The zero-order valence-electron chi connectivity index (χ0n) is 12.9. The van der Waals surface area contributed by atoms with Crippen LogP contribution in [0.25, 0.3) is 0 Å². The molecule has 0 saturated carbocycles. The van der Waals surface area contributed by atoms with Gasteiger partial charge in [-0.15, -0.1) is 0 Å². The topological polar surface area (TPSA) is 48.3 Å². The molecule has 6 heteroatoms. The van der Waals surface area contributed by atoms with Gasteiger partial charge in [0.05, 0.1) is 41.7 Å². The number of methoxy groups -OCH3 is 1. The second-order valence-electron chi connectivity index (χ2n) is 4.64. The maximum atomic E-state index is 5.92. The van der Waals surface area contributed by atoms with Crippen LogP contribution in [0.5, 0.6) is 0 Å². The fourth-order valence-electron chi connectivity index (χ4n) is 2.38. The monoisotopic (exact) mass is 347 g/mol. The maximum Gasteiger partial charge on any atom is 0.0785 e. The molecular formula is C14H26BrN3O2. The zero-order valence-corrected chi connectivity index (χ0v) is 14.4. The van der Waals surface area contributed by atoms with Crippen molar-refractivity contribution in [3.63, 3.8) is 0 Å². The van der Waals surface area contributed by atoms with Gasteiger partial charge in [0.2, 0.25) is 0 Å². The molecule has 0 bridgehead atoms. The van der Waals surface area contributed by atoms with Gasteiger partial charge in [0.25, 0.3) is 0 Å². The van der Waals surface area contributed by atoms with E-state index in [0.29, 0.717) is 13.2 Å². The summed E-state index contributed by atoms with van der Waals surface area (Å²) in [7, 11) is 3.67. The van der Waals surface area contributed by atoms with Crippen LogP contribution in [0.3, 0.4) is 0 Å². The third kappa shape index (κ3) is 4.55. The molecule has 0 aliphatic heterocycles. The molecule has 5 nitrogen and oxygen atoms in total. The van der Waals surface area contributed by atoms with E-state index in [1.165, 1.54) is 0 Å². The number of halogens is 1. The minimum Gasteiger partial charge on any atom is -0.383 e. The Morgan fingerprint density at radius 2 is 2.20 bits per heavy atom. The second kappa shape index (κ2) is 9.50. The van der Waals surface area contributed by atoms with Gasteiger partial charge in [0.1, 0.15) is 0 Å². The van der Waals surface area contributed by atoms with Crippen LogP contribution >= 0.6 is 15.9 Å². The van der Waals surface area contributed by atoms with E-state index in [9.17, 15) is 0 Å². The molecule has 0 aromatic carbocycles. The number of aromatic nitrogens is 2. The molecule has 116 valence electrons. The summed E-state index contributed by atoms with van der Waals surface area (Å²) >= 11 is 3.60. The molecule has 1 aromatic heterocycles. The second-order valence-corrected chi connectivity index (χ2v) is 5.50. The van der Waals surface area contributed by atoms with Gasteiger partial charge < -0.3 is 14.8 Å². The molecule has 2 atom stereocenters. The minimum atomic E-state index is 0.114. The van der Waals surface area contributed by atoms with Crippen LogP contribution in [0.2, 0.25) is 0 Å². The molecule has 0 aliphatic carbocycles. The van der Waals surface area contributed by atoms with Crippen LogP contribution in [0, 0.1) is 0 Å². The predicted octanol–water partition coefficient (Wildman–Crippen LogP) is 2.76.